The molecule has 0 radical (unpaired) electrons. The molecule has 2 fully saturated rings. The van der Waals surface area contributed by atoms with Gasteiger partial charge in [-0.1, -0.05) is 38.3 Å². The molecule has 144 valence electrons. The number of fused-ring (bicyclic) bond motifs is 1. The lowest BCUT2D eigenvalue weighted by molar-refractivity contribution is 0.136. The molecular formula is C21H38N2O2. The minimum Gasteiger partial charge on any atom is -0.392 e. The molecule has 2 rings (SSSR count). The minimum atomic E-state index is -0.359. The smallest absolute Gasteiger partial charge is 0.0721 e. The first-order chi connectivity index (χ1) is 12.0. The van der Waals surface area contributed by atoms with Crippen LogP contribution in [0.2, 0.25) is 0 Å². The molecule has 6 atom stereocenters. The van der Waals surface area contributed by atoms with E-state index in [1.54, 1.807) is 0 Å². The number of nitrogens with zero attached hydrogens (tertiary/aromatic N) is 2. The van der Waals surface area contributed by atoms with Crippen LogP contribution in [0, 0.1) is 23.7 Å². The SMILES string of the molecule is CCCCC[C@H](O)C=C[C@@H]1[C@H]2CC(C=NCCN(C)C)C[C@H]2C[C@H]1O. The Morgan fingerprint density at radius 2 is 2.00 bits per heavy atom. The van der Waals surface area contributed by atoms with Gasteiger partial charge in [0.2, 0.25) is 0 Å². The molecule has 0 saturated heterocycles. The Hall–Kier alpha value is -0.710. The van der Waals surface area contributed by atoms with Gasteiger partial charge in [0.15, 0.2) is 0 Å². The Bertz CT molecular complexity index is 436. The van der Waals surface area contributed by atoms with E-state index in [-0.39, 0.29) is 18.1 Å². The highest BCUT2D eigenvalue weighted by molar-refractivity contribution is 5.61. The van der Waals surface area contributed by atoms with Gasteiger partial charge in [-0.3, -0.25) is 4.99 Å². The van der Waals surface area contributed by atoms with Gasteiger partial charge in [-0.15, -0.1) is 0 Å². The molecule has 25 heavy (non-hydrogen) atoms. The van der Waals surface area contributed by atoms with Crippen molar-refractivity contribution in [1.82, 2.24) is 4.90 Å². The average Bonchev–Trinajstić information content (AvgIpc) is 3.06. The van der Waals surface area contributed by atoms with Crippen LogP contribution in [-0.4, -0.2) is 60.7 Å². The number of unbranched alkanes of at least 4 members (excludes halogenated alkanes) is 2. The summed E-state index contributed by atoms with van der Waals surface area (Å²) >= 11 is 0. The number of aliphatic hydroxyl groups excluding tert-OH is 2. The van der Waals surface area contributed by atoms with E-state index in [0.717, 1.165) is 45.2 Å². The van der Waals surface area contributed by atoms with Gasteiger partial charge in [0.25, 0.3) is 0 Å². The van der Waals surface area contributed by atoms with E-state index in [0.29, 0.717) is 17.8 Å². The highest BCUT2D eigenvalue weighted by atomic mass is 16.3. The fourth-order valence-corrected chi connectivity index (χ4v) is 4.53. The third kappa shape index (κ3) is 6.50. The maximum Gasteiger partial charge on any atom is 0.0721 e. The zero-order valence-electron chi connectivity index (χ0n) is 16.3. The number of aliphatic hydroxyl groups is 2. The molecule has 1 unspecified atom stereocenters. The molecule has 2 saturated carbocycles. The number of rotatable bonds is 10. The molecule has 0 heterocycles. The molecule has 2 aliphatic rings. The van der Waals surface area contributed by atoms with Crippen LogP contribution in [-0.2, 0) is 0 Å². The molecule has 0 amide bonds. The summed E-state index contributed by atoms with van der Waals surface area (Å²) in [6, 6.07) is 0. The van der Waals surface area contributed by atoms with Gasteiger partial charge in [0.1, 0.15) is 0 Å². The second kappa shape index (κ2) is 10.4. The van der Waals surface area contributed by atoms with Crippen molar-refractivity contribution in [2.24, 2.45) is 28.7 Å². The van der Waals surface area contributed by atoms with Gasteiger partial charge in [-0.05, 0) is 57.5 Å². The first-order valence-corrected chi connectivity index (χ1v) is 10.2. The van der Waals surface area contributed by atoms with Crippen LogP contribution in [0.1, 0.15) is 51.9 Å². The predicted molar refractivity (Wildman–Crippen MR) is 105 cm³/mol. The topological polar surface area (TPSA) is 56.1 Å². The second-order valence-corrected chi connectivity index (χ2v) is 8.34. The molecule has 2 N–H and O–H groups in total. The molecule has 4 heteroatoms. The van der Waals surface area contributed by atoms with Crippen LogP contribution < -0.4 is 0 Å². The van der Waals surface area contributed by atoms with E-state index < -0.39 is 0 Å². The molecule has 0 spiro atoms. The monoisotopic (exact) mass is 350 g/mol. The Kier molecular flexibility index (Phi) is 8.60. The Balaban J connectivity index is 1.81. The summed E-state index contributed by atoms with van der Waals surface area (Å²) < 4.78 is 0. The highest BCUT2D eigenvalue weighted by Crippen LogP contribution is 2.50. The zero-order valence-corrected chi connectivity index (χ0v) is 16.3. The predicted octanol–water partition coefficient (Wildman–Crippen LogP) is 3.14. The average molecular weight is 351 g/mol. The van der Waals surface area contributed by atoms with Gasteiger partial charge in [-0.2, -0.15) is 0 Å². The lowest BCUT2D eigenvalue weighted by atomic mass is 9.90. The van der Waals surface area contributed by atoms with Crippen LogP contribution in [0.5, 0.6) is 0 Å². The largest absolute Gasteiger partial charge is 0.392 e. The minimum absolute atomic E-state index is 0.214. The second-order valence-electron chi connectivity index (χ2n) is 8.34. The fourth-order valence-electron chi connectivity index (χ4n) is 4.53. The van der Waals surface area contributed by atoms with Crippen molar-refractivity contribution < 1.29 is 10.2 Å². The maximum absolute atomic E-state index is 10.4. The van der Waals surface area contributed by atoms with Gasteiger partial charge in [0.05, 0.1) is 18.8 Å². The van der Waals surface area contributed by atoms with Crippen molar-refractivity contribution in [3.63, 3.8) is 0 Å². The third-order valence-electron chi connectivity index (χ3n) is 5.92. The van der Waals surface area contributed by atoms with Crippen LogP contribution in [0.15, 0.2) is 17.1 Å². The molecule has 0 aromatic carbocycles. The maximum atomic E-state index is 10.4. The molecule has 0 bridgehead atoms. The van der Waals surface area contributed by atoms with E-state index in [9.17, 15) is 10.2 Å². The molecule has 0 aromatic rings. The number of aliphatic imine (C=N–C) groups is 1. The molecule has 0 aliphatic heterocycles. The summed E-state index contributed by atoms with van der Waals surface area (Å²) in [6.45, 7) is 4.04. The van der Waals surface area contributed by atoms with Gasteiger partial charge >= 0.3 is 0 Å². The normalized spacial score (nSPS) is 33.8. The standard InChI is InChI=1S/C21H38N2O2/c1-4-5-6-7-18(24)8-9-19-20-13-16(12-17(20)14-21(19)25)15-22-10-11-23(2)3/h8-9,15-21,24-25H,4-7,10-14H2,1-3H3/t16?,17-,18-,19+,20-,21+/m0/s1. The molecule has 2 aliphatic carbocycles. The zero-order chi connectivity index (χ0) is 18.2. The van der Waals surface area contributed by atoms with Crippen molar-refractivity contribution in [2.45, 2.75) is 64.1 Å². The quantitative estimate of drug-likeness (QED) is 0.361. The Morgan fingerprint density at radius 1 is 1.20 bits per heavy atom. The summed E-state index contributed by atoms with van der Waals surface area (Å²) in [5.74, 6) is 1.95. The van der Waals surface area contributed by atoms with E-state index in [4.69, 9.17) is 0 Å². The summed E-state index contributed by atoms with van der Waals surface area (Å²) in [7, 11) is 4.15. The van der Waals surface area contributed by atoms with Crippen LogP contribution in [0.25, 0.3) is 0 Å². The van der Waals surface area contributed by atoms with E-state index in [1.807, 2.05) is 6.08 Å². The first-order valence-electron chi connectivity index (χ1n) is 10.2. The fraction of sp³-hybridized carbons (Fsp3) is 0.857. The lowest BCUT2D eigenvalue weighted by Crippen LogP contribution is -2.18. The van der Waals surface area contributed by atoms with Gasteiger partial charge in [0, 0.05) is 18.7 Å². The van der Waals surface area contributed by atoms with Gasteiger partial charge in [-0.25, -0.2) is 0 Å². The van der Waals surface area contributed by atoms with Crippen molar-refractivity contribution >= 4 is 6.21 Å². The Labute approximate surface area is 154 Å². The first kappa shape index (κ1) is 20.6. The highest BCUT2D eigenvalue weighted by Gasteiger charge is 2.46. The number of hydrogen-bond donors (Lipinski definition) is 2. The van der Waals surface area contributed by atoms with E-state index >= 15 is 0 Å². The van der Waals surface area contributed by atoms with Crippen LogP contribution in [0.3, 0.4) is 0 Å². The van der Waals surface area contributed by atoms with Crippen molar-refractivity contribution in [1.29, 1.82) is 0 Å². The molecule has 4 nitrogen and oxygen atoms in total. The number of likely N-dealkylation sites (N-methyl/N-ethyl adjacent to an activating group) is 1. The summed E-state index contributed by atoms with van der Waals surface area (Å²) in [5.41, 5.74) is 0. The summed E-state index contributed by atoms with van der Waals surface area (Å²) in [6.07, 6.45) is 13.1. The van der Waals surface area contributed by atoms with Crippen molar-refractivity contribution in [2.75, 3.05) is 27.2 Å². The number of hydrogen-bond acceptors (Lipinski definition) is 4. The van der Waals surface area contributed by atoms with Gasteiger partial charge < -0.3 is 15.1 Å². The van der Waals surface area contributed by atoms with Crippen molar-refractivity contribution in [3.05, 3.63) is 12.2 Å². The van der Waals surface area contributed by atoms with Crippen LogP contribution >= 0.6 is 0 Å². The Morgan fingerprint density at radius 3 is 2.72 bits per heavy atom. The summed E-state index contributed by atoms with van der Waals surface area (Å²) in [4.78, 5) is 6.75. The van der Waals surface area contributed by atoms with E-state index in [1.165, 1.54) is 12.8 Å². The molecular weight excluding hydrogens is 312 g/mol. The third-order valence-corrected chi connectivity index (χ3v) is 5.92. The van der Waals surface area contributed by atoms with Crippen LogP contribution in [0.4, 0.5) is 0 Å². The van der Waals surface area contributed by atoms with E-state index in [2.05, 4.69) is 43.2 Å². The summed E-state index contributed by atoms with van der Waals surface area (Å²) in [5, 5.41) is 20.5. The molecule has 0 aromatic heterocycles. The van der Waals surface area contributed by atoms with Crippen molar-refractivity contribution in [3.8, 4) is 0 Å². The lowest BCUT2D eigenvalue weighted by Gasteiger charge is -2.18.